The Morgan fingerprint density at radius 3 is 2.18 bits per heavy atom. The van der Waals surface area contributed by atoms with Crippen LogP contribution in [-0.2, 0) is 9.59 Å². The second-order valence-corrected chi connectivity index (χ2v) is 5.41. The third-order valence-corrected chi connectivity index (χ3v) is 3.40. The van der Waals surface area contributed by atoms with Crippen molar-refractivity contribution in [2.75, 3.05) is 11.9 Å². The number of amides is 2. The van der Waals surface area contributed by atoms with Gasteiger partial charge in [0.2, 0.25) is 11.8 Å². The lowest BCUT2D eigenvalue weighted by Gasteiger charge is -2.12. The number of rotatable bonds is 5. The predicted octanol–water partition coefficient (Wildman–Crippen LogP) is 3.80. The third kappa shape index (κ3) is 5.35. The zero-order valence-electron chi connectivity index (χ0n) is 13.9. The maximum atomic E-state index is 13.5. The summed E-state index contributed by atoms with van der Waals surface area (Å²) in [5, 5.41) is 3.77. The minimum Gasteiger partial charge on any atom is -0.343 e. The second-order valence-electron chi connectivity index (χ2n) is 5.41. The maximum Gasteiger partial charge on any atom is 0.417 e. The Kier molecular flexibility index (Phi) is 6.45. The van der Waals surface area contributed by atoms with E-state index in [-0.39, 0.29) is 11.6 Å². The van der Waals surface area contributed by atoms with Crippen molar-refractivity contribution in [1.82, 2.24) is 5.32 Å². The van der Waals surface area contributed by atoms with Gasteiger partial charge in [0.25, 0.3) is 0 Å². The van der Waals surface area contributed by atoms with Gasteiger partial charge >= 0.3 is 6.18 Å². The van der Waals surface area contributed by atoms with Gasteiger partial charge in [-0.1, -0.05) is 30.3 Å². The quantitative estimate of drug-likeness (QED) is 0.454. The number of allylic oxidation sites excluding steroid dienone is 1. The van der Waals surface area contributed by atoms with Crippen LogP contribution in [0.15, 0.2) is 48.5 Å². The Morgan fingerprint density at radius 1 is 0.929 bits per heavy atom. The average Bonchev–Trinajstić information content (AvgIpc) is 2.64. The fourth-order valence-corrected chi connectivity index (χ4v) is 2.11. The number of halogens is 6. The van der Waals surface area contributed by atoms with Crippen LogP contribution in [0.1, 0.15) is 5.56 Å². The van der Waals surface area contributed by atoms with Gasteiger partial charge in [0.05, 0.1) is 17.8 Å². The Morgan fingerprint density at radius 2 is 1.57 bits per heavy atom. The number of carbonyl (C=O) groups is 2. The van der Waals surface area contributed by atoms with E-state index in [1.165, 1.54) is 18.2 Å². The van der Waals surface area contributed by atoms with E-state index in [1.54, 1.807) is 0 Å². The molecule has 28 heavy (non-hydrogen) atoms. The van der Waals surface area contributed by atoms with Crippen LogP contribution in [0.3, 0.4) is 0 Å². The van der Waals surface area contributed by atoms with E-state index >= 15 is 0 Å². The number of anilines is 1. The summed E-state index contributed by atoms with van der Waals surface area (Å²) in [6.45, 7) is -0.826. The smallest absolute Gasteiger partial charge is 0.343 e. The van der Waals surface area contributed by atoms with E-state index in [0.717, 1.165) is 18.2 Å². The van der Waals surface area contributed by atoms with Crippen molar-refractivity contribution < 1.29 is 35.9 Å². The Labute approximate surface area is 154 Å². The SMILES string of the molecule is O=C(/C=C(/c1ccccc1)C(F)(F)F)NCC(=O)Nc1ccc(F)c(F)c1F. The summed E-state index contributed by atoms with van der Waals surface area (Å²) in [4.78, 5) is 23.4. The zero-order chi connectivity index (χ0) is 20.9. The van der Waals surface area contributed by atoms with Gasteiger partial charge in [0.1, 0.15) is 0 Å². The minimum absolute atomic E-state index is 0.251. The zero-order valence-corrected chi connectivity index (χ0v) is 13.9. The van der Waals surface area contributed by atoms with E-state index < -0.39 is 53.2 Å². The van der Waals surface area contributed by atoms with Crippen LogP contribution in [0.2, 0.25) is 0 Å². The molecule has 0 unspecified atom stereocenters. The van der Waals surface area contributed by atoms with Crippen molar-refractivity contribution >= 4 is 23.1 Å². The summed E-state index contributed by atoms with van der Waals surface area (Å²) >= 11 is 0. The number of alkyl halides is 3. The van der Waals surface area contributed by atoms with Gasteiger partial charge in [-0.25, -0.2) is 13.2 Å². The molecule has 0 atom stereocenters. The van der Waals surface area contributed by atoms with Crippen molar-refractivity contribution in [1.29, 1.82) is 0 Å². The van der Waals surface area contributed by atoms with Crippen molar-refractivity contribution in [2.45, 2.75) is 6.18 Å². The monoisotopic (exact) mass is 402 g/mol. The molecule has 0 aliphatic carbocycles. The molecule has 2 aromatic carbocycles. The standard InChI is InChI=1S/C18H12F6N2O2/c19-12-6-7-13(17(21)16(12)20)26-15(28)9-25-14(27)8-11(18(22,23)24)10-4-2-1-3-5-10/h1-8H,9H2,(H,25,27)(H,26,28)/b11-8-. The second kappa shape index (κ2) is 8.59. The third-order valence-electron chi connectivity index (χ3n) is 3.40. The molecule has 2 rings (SSSR count). The van der Waals surface area contributed by atoms with Gasteiger partial charge in [0.15, 0.2) is 17.5 Å². The van der Waals surface area contributed by atoms with E-state index in [9.17, 15) is 35.9 Å². The normalized spacial score (nSPS) is 11.9. The maximum absolute atomic E-state index is 13.5. The van der Waals surface area contributed by atoms with Gasteiger partial charge < -0.3 is 10.6 Å². The highest BCUT2D eigenvalue weighted by Crippen LogP contribution is 2.33. The largest absolute Gasteiger partial charge is 0.417 e. The van der Waals surface area contributed by atoms with Crippen LogP contribution in [0.4, 0.5) is 32.0 Å². The topological polar surface area (TPSA) is 58.2 Å². The predicted molar refractivity (Wildman–Crippen MR) is 88.4 cm³/mol. The lowest BCUT2D eigenvalue weighted by Crippen LogP contribution is -2.32. The average molecular weight is 402 g/mol. The lowest BCUT2D eigenvalue weighted by atomic mass is 10.1. The highest BCUT2D eigenvalue weighted by atomic mass is 19.4. The van der Waals surface area contributed by atoms with Gasteiger partial charge in [-0.05, 0) is 17.7 Å². The number of carbonyl (C=O) groups excluding carboxylic acids is 2. The summed E-state index contributed by atoms with van der Waals surface area (Å²) in [5.74, 6) is -7.20. The van der Waals surface area contributed by atoms with Crippen LogP contribution in [0.5, 0.6) is 0 Å². The summed E-state index contributed by atoms with van der Waals surface area (Å²) in [7, 11) is 0. The van der Waals surface area contributed by atoms with E-state index in [1.807, 2.05) is 10.6 Å². The van der Waals surface area contributed by atoms with Gasteiger partial charge in [-0.15, -0.1) is 0 Å². The van der Waals surface area contributed by atoms with E-state index in [2.05, 4.69) is 0 Å². The first-order valence-corrected chi connectivity index (χ1v) is 7.65. The van der Waals surface area contributed by atoms with Gasteiger partial charge in [-0.3, -0.25) is 9.59 Å². The number of benzene rings is 2. The molecule has 0 radical (unpaired) electrons. The molecule has 0 aliphatic heterocycles. The number of nitrogens with one attached hydrogen (secondary N) is 2. The molecule has 0 aliphatic rings. The molecular formula is C18H12F6N2O2. The van der Waals surface area contributed by atoms with Crippen molar-refractivity contribution in [3.63, 3.8) is 0 Å². The summed E-state index contributed by atoms with van der Waals surface area (Å²) in [6, 6.07) is 7.86. The molecule has 4 nitrogen and oxygen atoms in total. The van der Waals surface area contributed by atoms with E-state index in [4.69, 9.17) is 0 Å². The van der Waals surface area contributed by atoms with Crippen molar-refractivity contribution in [3.05, 3.63) is 71.6 Å². The first kappa shape index (κ1) is 21.0. The van der Waals surface area contributed by atoms with Crippen molar-refractivity contribution in [3.8, 4) is 0 Å². The molecule has 2 amide bonds. The van der Waals surface area contributed by atoms with Crippen LogP contribution < -0.4 is 10.6 Å². The Hall–Kier alpha value is -3.30. The highest BCUT2D eigenvalue weighted by molar-refractivity contribution is 6.00. The summed E-state index contributed by atoms with van der Waals surface area (Å²) < 4.78 is 78.8. The number of hydrogen-bond donors (Lipinski definition) is 2. The number of hydrogen-bond acceptors (Lipinski definition) is 2. The fourth-order valence-electron chi connectivity index (χ4n) is 2.11. The molecule has 0 saturated heterocycles. The molecule has 0 saturated carbocycles. The molecule has 2 aromatic rings. The van der Waals surface area contributed by atoms with Gasteiger partial charge in [-0.2, -0.15) is 13.2 Å². The molecule has 2 N–H and O–H groups in total. The minimum atomic E-state index is -4.82. The lowest BCUT2D eigenvalue weighted by molar-refractivity contribution is -0.121. The Bertz CT molecular complexity index is 910. The summed E-state index contributed by atoms with van der Waals surface area (Å²) in [5.41, 5.74) is -2.16. The molecule has 0 aromatic heterocycles. The first-order chi connectivity index (χ1) is 13.1. The molecule has 0 heterocycles. The van der Waals surface area contributed by atoms with Crippen LogP contribution in [0, 0.1) is 17.5 Å². The highest BCUT2D eigenvalue weighted by Gasteiger charge is 2.35. The molecule has 0 spiro atoms. The molecule has 10 heteroatoms. The van der Waals surface area contributed by atoms with E-state index in [0.29, 0.717) is 6.07 Å². The van der Waals surface area contributed by atoms with Crippen LogP contribution in [0.25, 0.3) is 5.57 Å². The Balaban J connectivity index is 2.05. The first-order valence-electron chi connectivity index (χ1n) is 7.65. The molecule has 148 valence electrons. The molecule has 0 fully saturated rings. The van der Waals surface area contributed by atoms with Crippen LogP contribution in [-0.4, -0.2) is 24.5 Å². The van der Waals surface area contributed by atoms with Crippen molar-refractivity contribution in [2.24, 2.45) is 0 Å². The molecular weight excluding hydrogens is 390 g/mol. The molecule has 0 bridgehead atoms. The van der Waals surface area contributed by atoms with Gasteiger partial charge in [0, 0.05) is 6.08 Å². The summed E-state index contributed by atoms with van der Waals surface area (Å²) in [6.07, 6.45) is -4.55. The van der Waals surface area contributed by atoms with Crippen LogP contribution >= 0.6 is 0 Å². The fraction of sp³-hybridized carbons (Fsp3) is 0.111.